The summed E-state index contributed by atoms with van der Waals surface area (Å²) in [6.07, 6.45) is 12.7. The third-order valence-corrected chi connectivity index (χ3v) is 5.55. The molecule has 0 bridgehead atoms. The van der Waals surface area contributed by atoms with Crippen LogP contribution in [0.3, 0.4) is 0 Å². The van der Waals surface area contributed by atoms with E-state index in [2.05, 4.69) is 39.6 Å². The Balaban J connectivity index is 0.00000300. The highest BCUT2D eigenvalue weighted by molar-refractivity contribution is 14.0. The molecule has 1 aliphatic carbocycles. The first-order chi connectivity index (χ1) is 13.8. The van der Waals surface area contributed by atoms with Crippen LogP contribution in [0, 0.1) is 0 Å². The van der Waals surface area contributed by atoms with Crippen molar-refractivity contribution in [3.8, 4) is 0 Å². The zero-order chi connectivity index (χ0) is 19.4. The molecule has 0 unspecified atom stereocenters. The van der Waals surface area contributed by atoms with Crippen molar-refractivity contribution in [1.82, 2.24) is 15.6 Å². The molecule has 0 spiro atoms. The van der Waals surface area contributed by atoms with Gasteiger partial charge in [0.15, 0.2) is 5.96 Å². The fraction of sp³-hybridized carbons (Fsp3) is 0.727. The number of halogens is 1. The molecule has 1 saturated heterocycles. The maximum atomic E-state index is 6.07. The van der Waals surface area contributed by atoms with Gasteiger partial charge >= 0.3 is 0 Å². The van der Waals surface area contributed by atoms with Gasteiger partial charge in [-0.05, 0) is 50.3 Å². The largest absolute Gasteiger partial charge is 0.376 e. The van der Waals surface area contributed by atoms with Gasteiger partial charge in [0.2, 0.25) is 0 Å². The minimum Gasteiger partial charge on any atom is -0.376 e. The van der Waals surface area contributed by atoms with E-state index in [4.69, 9.17) is 9.73 Å². The Morgan fingerprint density at radius 3 is 2.62 bits per heavy atom. The molecule has 1 aliphatic heterocycles. The first kappa shape index (κ1) is 24.2. The summed E-state index contributed by atoms with van der Waals surface area (Å²) in [6, 6.07) is 4.23. The Kier molecular flexibility index (Phi) is 11.7. The second-order valence-electron chi connectivity index (χ2n) is 7.82. The highest BCUT2D eigenvalue weighted by Crippen LogP contribution is 2.20. The number of hydrogen-bond acceptors (Lipinski definition) is 4. The standard InChI is InChI=1S/C22H37N5O.HI/c1-2-23-22(25-13-16-28-20-9-5-3-4-6-10-20)26-18-19-11-12-24-21(17-19)27-14-7-8-15-27;/h11-12,17,20H,2-10,13-16,18H2,1H3,(H2,23,25,26);1H. The molecular weight excluding hydrogens is 477 g/mol. The van der Waals surface area contributed by atoms with Gasteiger partial charge < -0.3 is 20.3 Å². The van der Waals surface area contributed by atoms with Crippen molar-refractivity contribution < 1.29 is 4.74 Å². The van der Waals surface area contributed by atoms with Crippen LogP contribution in [0.25, 0.3) is 0 Å². The minimum atomic E-state index is 0. The summed E-state index contributed by atoms with van der Waals surface area (Å²) in [5, 5.41) is 6.73. The number of aliphatic imine (C=N–C) groups is 1. The molecule has 6 nitrogen and oxygen atoms in total. The highest BCUT2D eigenvalue weighted by Gasteiger charge is 2.14. The summed E-state index contributed by atoms with van der Waals surface area (Å²) in [5.41, 5.74) is 1.20. The van der Waals surface area contributed by atoms with Crippen LogP contribution < -0.4 is 15.5 Å². The van der Waals surface area contributed by atoms with Gasteiger partial charge in [-0.1, -0.05) is 25.7 Å². The molecule has 1 aromatic heterocycles. The number of nitrogens with zero attached hydrogens (tertiary/aromatic N) is 3. The van der Waals surface area contributed by atoms with Gasteiger partial charge in [0, 0.05) is 32.4 Å². The van der Waals surface area contributed by atoms with E-state index < -0.39 is 0 Å². The molecule has 2 N–H and O–H groups in total. The molecule has 164 valence electrons. The number of rotatable bonds is 8. The Hall–Kier alpha value is -1.09. The van der Waals surface area contributed by atoms with Crippen molar-refractivity contribution in [2.45, 2.75) is 70.9 Å². The lowest BCUT2D eigenvalue weighted by Crippen LogP contribution is -2.39. The van der Waals surface area contributed by atoms with E-state index in [1.807, 2.05) is 6.20 Å². The number of ether oxygens (including phenoxy) is 1. The normalized spacial score (nSPS) is 18.2. The lowest BCUT2D eigenvalue weighted by atomic mass is 10.1. The molecular formula is C22H38IN5O. The second kappa shape index (κ2) is 14.0. The summed E-state index contributed by atoms with van der Waals surface area (Å²) in [6.45, 7) is 7.36. The molecule has 2 heterocycles. The van der Waals surface area contributed by atoms with Crippen LogP contribution in [0.15, 0.2) is 23.3 Å². The molecule has 2 aliphatic rings. The van der Waals surface area contributed by atoms with Crippen LogP contribution in [0.2, 0.25) is 0 Å². The van der Waals surface area contributed by atoms with E-state index in [0.717, 1.165) is 44.6 Å². The molecule has 0 aromatic carbocycles. The van der Waals surface area contributed by atoms with Crippen molar-refractivity contribution in [1.29, 1.82) is 0 Å². The summed E-state index contributed by atoms with van der Waals surface area (Å²) in [4.78, 5) is 11.6. The number of pyridine rings is 1. The molecule has 2 fully saturated rings. The number of guanidine groups is 1. The van der Waals surface area contributed by atoms with Crippen molar-refractivity contribution in [3.63, 3.8) is 0 Å². The number of anilines is 1. The van der Waals surface area contributed by atoms with Gasteiger partial charge in [-0.15, -0.1) is 24.0 Å². The average molecular weight is 515 g/mol. The van der Waals surface area contributed by atoms with Crippen LogP contribution >= 0.6 is 24.0 Å². The van der Waals surface area contributed by atoms with Gasteiger partial charge in [-0.25, -0.2) is 9.98 Å². The average Bonchev–Trinajstić information content (AvgIpc) is 3.14. The zero-order valence-corrected chi connectivity index (χ0v) is 20.2. The molecule has 1 aromatic rings. The number of hydrogen-bond donors (Lipinski definition) is 2. The Labute approximate surface area is 193 Å². The first-order valence-electron chi connectivity index (χ1n) is 11.2. The van der Waals surface area contributed by atoms with E-state index >= 15 is 0 Å². The van der Waals surface area contributed by atoms with Crippen LogP contribution in [0.1, 0.15) is 63.9 Å². The minimum absolute atomic E-state index is 0. The van der Waals surface area contributed by atoms with E-state index in [-0.39, 0.29) is 24.0 Å². The van der Waals surface area contributed by atoms with Gasteiger partial charge in [0.1, 0.15) is 5.82 Å². The van der Waals surface area contributed by atoms with E-state index in [9.17, 15) is 0 Å². The van der Waals surface area contributed by atoms with Gasteiger partial charge in [0.25, 0.3) is 0 Å². The molecule has 7 heteroatoms. The monoisotopic (exact) mass is 515 g/mol. The van der Waals surface area contributed by atoms with Gasteiger partial charge in [-0.3, -0.25) is 0 Å². The molecule has 0 atom stereocenters. The van der Waals surface area contributed by atoms with Crippen LogP contribution in [0.4, 0.5) is 5.82 Å². The molecule has 29 heavy (non-hydrogen) atoms. The third-order valence-electron chi connectivity index (χ3n) is 5.55. The lowest BCUT2D eigenvalue weighted by Gasteiger charge is -2.17. The summed E-state index contributed by atoms with van der Waals surface area (Å²) in [7, 11) is 0. The number of nitrogens with one attached hydrogen (secondary N) is 2. The third kappa shape index (κ3) is 8.66. The smallest absolute Gasteiger partial charge is 0.191 e. The van der Waals surface area contributed by atoms with Crippen LogP contribution in [-0.4, -0.2) is 49.8 Å². The van der Waals surface area contributed by atoms with Crippen molar-refractivity contribution in [2.24, 2.45) is 4.99 Å². The molecule has 0 amide bonds. The maximum Gasteiger partial charge on any atom is 0.191 e. The Morgan fingerprint density at radius 1 is 1.14 bits per heavy atom. The van der Waals surface area contributed by atoms with E-state index in [0.29, 0.717) is 12.6 Å². The van der Waals surface area contributed by atoms with E-state index in [1.165, 1.54) is 56.9 Å². The fourth-order valence-corrected chi connectivity index (χ4v) is 3.99. The SMILES string of the molecule is CCNC(=NCc1ccnc(N2CCCC2)c1)NCCOC1CCCCCC1.I. The molecule has 1 saturated carbocycles. The highest BCUT2D eigenvalue weighted by atomic mass is 127. The second-order valence-corrected chi connectivity index (χ2v) is 7.82. The van der Waals surface area contributed by atoms with Crippen molar-refractivity contribution in [2.75, 3.05) is 37.7 Å². The Bertz CT molecular complexity index is 599. The topological polar surface area (TPSA) is 61.8 Å². The lowest BCUT2D eigenvalue weighted by molar-refractivity contribution is 0.0468. The predicted octanol–water partition coefficient (Wildman–Crippen LogP) is 4.09. The van der Waals surface area contributed by atoms with Crippen LogP contribution in [0.5, 0.6) is 0 Å². The zero-order valence-electron chi connectivity index (χ0n) is 17.9. The van der Waals surface area contributed by atoms with Crippen molar-refractivity contribution >= 4 is 35.8 Å². The van der Waals surface area contributed by atoms with Gasteiger partial charge in [-0.2, -0.15) is 0 Å². The molecule has 3 rings (SSSR count). The summed E-state index contributed by atoms with van der Waals surface area (Å²) in [5.74, 6) is 1.94. The quantitative estimate of drug-likeness (QED) is 0.180. The fourth-order valence-electron chi connectivity index (χ4n) is 3.99. The number of aromatic nitrogens is 1. The first-order valence-corrected chi connectivity index (χ1v) is 11.2. The summed E-state index contributed by atoms with van der Waals surface area (Å²) >= 11 is 0. The maximum absolute atomic E-state index is 6.07. The van der Waals surface area contributed by atoms with Crippen LogP contribution in [-0.2, 0) is 11.3 Å². The van der Waals surface area contributed by atoms with Gasteiger partial charge in [0.05, 0.1) is 19.3 Å². The predicted molar refractivity (Wildman–Crippen MR) is 131 cm³/mol. The molecule has 0 radical (unpaired) electrons. The summed E-state index contributed by atoms with van der Waals surface area (Å²) < 4.78 is 6.07. The van der Waals surface area contributed by atoms with Crippen molar-refractivity contribution in [3.05, 3.63) is 23.9 Å². The Morgan fingerprint density at radius 2 is 1.90 bits per heavy atom. The van der Waals surface area contributed by atoms with E-state index in [1.54, 1.807) is 0 Å².